The Bertz CT molecular complexity index is 450. The highest BCUT2D eigenvalue weighted by atomic mass is 19.1. The highest BCUT2D eigenvalue weighted by Crippen LogP contribution is 2.22. The molecule has 1 aliphatic rings. The van der Waals surface area contributed by atoms with E-state index in [0.717, 1.165) is 25.6 Å². The predicted molar refractivity (Wildman–Crippen MR) is 77.5 cm³/mol. The Kier molecular flexibility index (Phi) is 5.11. The third-order valence-corrected chi connectivity index (χ3v) is 4.34. The first-order chi connectivity index (χ1) is 9.51. The summed E-state index contributed by atoms with van der Waals surface area (Å²) >= 11 is 0. The minimum absolute atomic E-state index is 0.402. The van der Waals surface area contributed by atoms with Crippen LogP contribution in [0.15, 0.2) is 18.2 Å². The molecule has 1 fully saturated rings. The molecule has 112 valence electrons. The molecule has 0 saturated carbocycles. The molecule has 2 nitrogen and oxygen atoms in total. The van der Waals surface area contributed by atoms with Crippen molar-refractivity contribution in [1.82, 2.24) is 10.2 Å². The van der Waals surface area contributed by atoms with Gasteiger partial charge in [0.05, 0.1) is 0 Å². The zero-order valence-corrected chi connectivity index (χ0v) is 12.5. The molecule has 20 heavy (non-hydrogen) atoms. The van der Waals surface area contributed by atoms with E-state index in [-0.39, 0.29) is 0 Å². The van der Waals surface area contributed by atoms with Gasteiger partial charge in [-0.2, -0.15) is 0 Å². The van der Waals surface area contributed by atoms with E-state index in [1.54, 1.807) is 6.07 Å². The molecule has 3 atom stereocenters. The SMILES string of the molecule is CCC(C)C1CNC(C)CN1Cc1ccc(F)cc1F. The van der Waals surface area contributed by atoms with Crippen molar-refractivity contribution in [3.8, 4) is 0 Å². The molecule has 2 rings (SSSR count). The first-order valence-electron chi connectivity index (χ1n) is 7.42. The van der Waals surface area contributed by atoms with E-state index in [2.05, 4.69) is 31.0 Å². The molecule has 1 saturated heterocycles. The average molecular weight is 282 g/mol. The molecule has 3 unspecified atom stereocenters. The molecule has 4 heteroatoms. The van der Waals surface area contributed by atoms with Crippen LogP contribution in [0.4, 0.5) is 8.78 Å². The van der Waals surface area contributed by atoms with Crippen LogP contribution in [0, 0.1) is 17.6 Å². The van der Waals surface area contributed by atoms with Gasteiger partial charge in [-0.3, -0.25) is 4.90 Å². The second kappa shape index (κ2) is 6.64. The first kappa shape index (κ1) is 15.4. The lowest BCUT2D eigenvalue weighted by Gasteiger charge is -2.42. The number of benzene rings is 1. The summed E-state index contributed by atoms with van der Waals surface area (Å²) in [6.07, 6.45) is 1.10. The lowest BCUT2D eigenvalue weighted by Crippen LogP contribution is -2.57. The summed E-state index contributed by atoms with van der Waals surface area (Å²) in [7, 11) is 0. The number of rotatable bonds is 4. The monoisotopic (exact) mass is 282 g/mol. The van der Waals surface area contributed by atoms with Gasteiger partial charge in [-0.15, -0.1) is 0 Å². The average Bonchev–Trinajstić information content (AvgIpc) is 2.41. The van der Waals surface area contributed by atoms with Crippen LogP contribution in [0.1, 0.15) is 32.8 Å². The van der Waals surface area contributed by atoms with Crippen LogP contribution in [-0.4, -0.2) is 30.1 Å². The van der Waals surface area contributed by atoms with E-state index in [9.17, 15) is 8.78 Å². The Morgan fingerprint density at radius 3 is 2.80 bits per heavy atom. The van der Waals surface area contributed by atoms with E-state index in [0.29, 0.717) is 30.1 Å². The first-order valence-corrected chi connectivity index (χ1v) is 7.42. The summed E-state index contributed by atoms with van der Waals surface area (Å²) < 4.78 is 26.8. The standard InChI is InChI=1S/C16H24F2N2/c1-4-11(2)16-8-19-12(3)9-20(16)10-13-5-6-14(17)7-15(13)18/h5-7,11-12,16,19H,4,8-10H2,1-3H3. The number of hydrogen-bond donors (Lipinski definition) is 1. The molecule has 0 aromatic heterocycles. The summed E-state index contributed by atoms with van der Waals surface area (Å²) in [4.78, 5) is 2.33. The maximum Gasteiger partial charge on any atom is 0.130 e. The molecule has 1 aliphatic heterocycles. The lowest BCUT2D eigenvalue weighted by molar-refractivity contribution is 0.0874. The van der Waals surface area contributed by atoms with Gasteiger partial charge in [0.15, 0.2) is 0 Å². The Balaban J connectivity index is 2.14. The fraction of sp³-hybridized carbons (Fsp3) is 0.625. The number of halogens is 2. The summed E-state index contributed by atoms with van der Waals surface area (Å²) in [5.41, 5.74) is 0.578. The van der Waals surface area contributed by atoms with E-state index >= 15 is 0 Å². The lowest BCUT2D eigenvalue weighted by atomic mass is 9.94. The van der Waals surface area contributed by atoms with Crippen LogP contribution < -0.4 is 5.32 Å². The van der Waals surface area contributed by atoms with Crippen molar-refractivity contribution >= 4 is 0 Å². The minimum atomic E-state index is -0.515. The van der Waals surface area contributed by atoms with Crippen molar-refractivity contribution < 1.29 is 8.78 Å². The number of piperazine rings is 1. The Morgan fingerprint density at radius 1 is 1.40 bits per heavy atom. The molecule has 1 N–H and O–H groups in total. The van der Waals surface area contributed by atoms with Crippen molar-refractivity contribution in [2.75, 3.05) is 13.1 Å². The van der Waals surface area contributed by atoms with Crippen LogP contribution in [0.5, 0.6) is 0 Å². The molecular formula is C16H24F2N2. The molecular weight excluding hydrogens is 258 g/mol. The van der Waals surface area contributed by atoms with E-state index in [4.69, 9.17) is 0 Å². The van der Waals surface area contributed by atoms with Crippen molar-refractivity contribution in [1.29, 1.82) is 0 Å². The quantitative estimate of drug-likeness (QED) is 0.912. The van der Waals surface area contributed by atoms with Crippen LogP contribution in [0.25, 0.3) is 0 Å². The van der Waals surface area contributed by atoms with Gasteiger partial charge in [-0.25, -0.2) is 8.78 Å². The Labute approximate surface area is 120 Å². The number of nitrogens with zero attached hydrogens (tertiary/aromatic N) is 1. The third-order valence-electron chi connectivity index (χ3n) is 4.34. The highest BCUT2D eigenvalue weighted by Gasteiger charge is 2.29. The van der Waals surface area contributed by atoms with Crippen molar-refractivity contribution in [3.05, 3.63) is 35.4 Å². The maximum absolute atomic E-state index is 13.8. The summed E-state index contributed by atoms with van der Waals surface area (Å²) in [6, 6.07) is 4.67. The van der Waals surface area contributed by atoms with E-state index < -0.39 is 11.6 Å². The van der Waals surface area contributed by atoms with Gasteiger partial charge in [-0.1, -0.05) is 26.3 Å². The van der Waals surface area contributed by atoms with Crippen molar-refractivity contribution in [2.45, 2.75) is 45.8 Å². The Hall–Kier alpha value is -1.00. The van der Waals surface area contributed by atoms with Gasteiger partial charge < -0.3 is 5.32 Å². The van der Waals surface area contributed by atoms with Gasteiger partial charge in [0.1, 0.15) is 11.6 Å². The molecule has 1 aromatic rings. The zero-order valence-electron chi connectivity index (χ0n) is 12.5. The van der Waals surface area contributed by atoms with Crippen LogP contribution in [0.2, 0.25) is 0 Å². The molecule has 0 aliphatic carbocycles. The Morgan fingerprint density at radius 2 is 2.15 bits per heavy atom. The predicted octanol–water partition coefficient (Wildman–Crippen LogP) is 3.17. The summed E-state index contributed by atoms with van der Waals surface area (Å²) in [5, 5.41) is 3.49. The molecule has 1 heterocycles. The largest absolute Gasteiger partial charge is 0.311 e. The smallest absolute Gasteiger partial charge is 0.130 e. The van der Waals surface area contributed by atoms with E-state index in [1.165, 1.54) is 6.07 Å². The third kappa shape index (κ3) is 3.55. The number of hydrogen-bond acceptors (Lipinski definition) is 2. The van der Waals surface area contributed by atoms with Gasteiger partial charge in [0.2, 0.25) is 0 Å². The van der Waals surface area contributed by atoms with Crippen LogP contribution in [0.3, 0.4) is 0 Å². The highest BCUT2D eigenvalue weighted by molar-refractivity contribution is 5.18. The molecule has 0 radical (unpaired) electrons. The molecule has 0 spiro atoms. The zero-order chi connectivity index (χ0) is 14.7. The fourth-order valence-corrected chi connectivity index (χ4v) is 2.89. The van der Waals surface area contributed by atoms with Gasteiger partial charge in [0, 0.05) is 43.3 Å². The summed E-state index contributed by atoms with van der Waals surface area (Å²) in [6.45, 7) is 8.93. The van der Waals surface area contributed by atoms with Crippen molar-refractivity contribution in [2.24, 2.45) is 5.92 Å². The topological polar surface area (TPSA) is 15.3 Å². The minimum Gasteiger partial charge on any atom is -0.311 e. The van der Waals surface area contributed by atoms with E-state index in [1.807, 2.05) is 0 Å². The second-order valence-corrected chi connectivity index (χ2v) is 5.93. The molecule has 0 bridgehead atoms. The van der Waals surface area contributed by atoms with Crippen LogP contribution in [-0.2, 0) is 6.54 Å². The summed E-state index contributed by atoms with van der Waals surface area (Å²) in [5.74, 6) is -0.406. The van der Waals surface area contributed by atoms with Gasteiger partial charge in [0.25, 0.3) is 0 Å². The maximum atomic E-state index is 13.8. The molecule has 1 aromatic carbocycles. The van der Waals surface area contributed by atoms with Crippen LogP contribution >= 0.6 is 0 Å². The number of nitrogens with one attached hydrogen (secondary N) is 1. The normalized spacial score (nSPS) is 25.6. The second-order valence-electron chi connectivity index (χ2n) is 5.93. The fourth-order valence-electron chi connectivity index (χ4n) is 2.89. The van der Waals surface area contributed by atoms with Crippen molar-refractivity contribution in [3.63, 3.8) is 0 Å². The molecule has 0 amide bonds. The van der Waals surface area contributed by atoms with Gasteiger partial charge in [-0.05, 0) is 18.9 Å². The van der Waals surface area contributed by atoms with Gasteiger partial charge >= 0.3 is 0 Å².